The normalized spacial score (nSPS) is 40.7. The van der Waals surface area contributed by atoms with Crippen LogP contribution in [0.4, 0.5) is 0 Å². The first-order valence-corrected chi connectivity index (χ1v) is 8.09. The van der Waals surface area contributed by atoms with Gasteiger partial charge in [0, 0.05) is 17.9 Å². The third kappa shape index (κ3) is 2.29. The highest BCUT2D eigenvalue weighted by molar-refractivity contribution is 5.87. The van der Waals surface area contributed by atoms with Crippen LogP contribution >= 0.6 is 0 Å². The van der Waals surface area contributed by atoms with Gasteiger partial charge in [0.05, 0.1) is 0 Å². The van der Waals surface area contributed by atoms with Gasteiger partial charge in [0.2, 0.25) is 6.04 Å². The van der Waals surface area contributed by atoms with Gasteiger partial charge in [-0.2, -0.15) is 0 Å². The van der Waals surface area contributed by atoms with E-state index in [1.54, 1.807) is 6.92 Å². The second-order valence-corrected chi connectivity index (χ2v) is 7.86. The minimum atomic E-state index is -0.423. The molecular formula is C18H25NO2. The number of nitrogens with zero attached hydrogens (tertiary/aromatic N) is 1. The maximum absolute atomic E-state index is 11.8. The Morgan fingerprint density at radius 2 is 1.86 bits per heavy atom. The van der Waals surface area contributed by atoms with E-state index in [1.807, 2.05) is 13.8 Å². The van der Waals surface area contributed by atoms with Gasteiger partial charge < -0.3 is 9.58 Å². The summed E-state index contributed by atoms with van der Waals surface area (Å²) in [4.78, 5) is 15.7. The van der Waals surface area contributed by atoms with Gasteiger partial charge >= 0.3 is 5.97 Å². The zero-order valence-electron chi connectivity index (χ0n) is 13.3. The number of hydrogen-bond acceptors (Lipinski definition) is 2. The van der Waals surface area contributed by atoms with Gasteiger partial charge in [-0.15, -0.1) is 0 Å². The number of esters is 1. The summed E-state index contributed by atoms with van der Waals surface area (Å²) < 4.78 is 5.69. The Balaban J connectivity index is 1.69. The highest BCUT2D eigenvalue weighted by atomic mass is 16.6. The Kier molecular flexibility index (Phi) is 3.39. The van der Waals surface area contributed by atoms with Crippen molar-refractivity contribution in [2.45, 2.75) is 58.1 Å². The van der Waals surface area contributed by atoms with E-state index in [4.69, 9.17) is 11.3 Å². The van der Waals surface area contributed by atoms with E-state index >= 15 is 0 Å². The molecule has 6 atom stereocenters. The largest absolute Gasteiger partial charge is 0.456 e. The molecule has 0 heterocycles. The van der Waals surface area contributed by atoms with Crippen molar-refractivity contribution in [3.8, 4) is 0 Å². The quantitative estimate of drug-likeness (QED) is 0.448. The maximum atomic E-state index is 11.8. The first kappa shape index (κ1) is 14.6. The fourth-order valence-corrected chi connectivity index (χ4v) is 5.16. The van der Waals surface area contributed by atoms with E-state index in [1.165, 1.54) is 6.42 Å². The number of carbonyl (C=O) groups is 1. The molecule has 3 fully saturated rings. The van der Waals surface area contributed by atoms with Crippen LogP contribution in [0.1, 0.15) is 46.5 Å². The van der Waals surface area contributed by atoms with Crippen LogP contribution in [0.3, 0.4) is 0 Å². The van der Waals surface area contributed by atoms with E-state index in [-0.39, 0.29) is 12.0 Å². The van der Waals surface area contributed by atoms with Crippen LogP contribution in [0.15, 0.2) is 12.2 Å². The molecule has 2 bridgehead atoms. The number of carbonyl (C=O) groups excluding carboxylic acids is 1. The summed E-state index contributed by atoms with van der Waals surface area (Å²) in [5.41, 5.74) is 0.0438. The molecule has 0 aromatic carbocycles. The summed E-state index contributed by atoms with van der Waals surface area (Å²) in [7, 11) is 0. The molecule has 0 N–H and O–H groups in total. The second-order valence-electron chi connectivity index (χ2n) is 7.86. The molecular weight excluding hydrogens is 262 g/mol. The van der Waals surface area contributed by atoms with Crippen molar-refractivity contribution in [3.63, 3.8) is 0 Å². The second kappa shape index (κ2) is 4.87. The lowest BCUT2D eigenvalue weighted by Crippen LogP contribution is -2.36. The van der Waals surface area contributed by atoms with Crippen molar-refractivity contribution in [3.05, 3.63) is 23.6 Å². The van der Waals surface area contributed by atoms with Crippen molar-refractivity contribution in [1.82, 2.24) is 0 Å². The molecule has 6 unspecified atom stereocenters. The van der Waals surface area contributed by atoms with Gasteiger partial charge in [-0.1, -0.05) is 6.58 Å². The minimum absolute atomic E-state index is 0.260. The van der Waals surface area contributed by atoms with E-state index < -0.39 is 5.60 Å². The monoisotopic (exact) mass is 287 g/mol. The van der Waals surface area contributed by atoms with Crippen LogP contribution in [-0.4, -0.2) is 17.6 Å². The zero-order valence-corrected chi connectivity index (χ0v) is 13.3. The average Bonchev–Trinajstić information content (AvgIpc) is 3.08. The summed E-state index contributed by atoms with van der Waals surface area (Å²) in [5, 5.41) is 0. The maximum Gasteiger partial charge on any atom is 0.333 e. The molecule has 114 valence electrons. The summed E-state index contributed by atoms with van der Waals surface area (Å²) in [5.74, 6) is 2.95. The van der Waals surface area contributed by atoms with Crippen LogP contribution in [0.5, 0.6) is 0 Å². The minimum Gasteiger partial charge on any atom is -0.456 e. The molecule has 3 aliphatic rings. The third-order valence-electron chi connectivity index (χ3n) is 6.29. The average molecular weight is 287 g/mol. The topological polar surface area (TPSA) is 30.7 Å². The smallest absolute Gasteiger partial charge is 0.333 e. The molecule has 0 amide bonds. The molecule has 3 nitrogen and oxygen atoms in total. The molecule has 3 saturated carbocycles. The lowest BCUT2D eigenvalue weighted by molar-refractivity contribution is -0.156. The van der Waals surface area contributed by atoms with Crippen LogP contribution in [0.25, 0.3) is 4.85 Å². The van der Waals surface area contributed by atoms with Crippen molar-refractivity contribution in [2.75, 3.05) is 0 Å². The number of fused-ring (bicyclic) bond motifs is 5. The highest BCUT2D eigenvalue weighted by Gasteiger charge is 2.60. The predicted molar refractivity (Wildman–Crippen MR) is 81.3 cm³/mol. The van der Waals surface area contributed by atoms with E-state index in [9.17, 15) is 4.79 Å². The molecule has 3 rings (SSSR count). The molecule has 3 aliphatic carbocycles. The van der Waals surface area contributed by atoms with Gasteiger partial charge in [-0.25, -0.2) is 11.4 Å². The van der Waals surface area contributed by atoms with E-state index in [0.717, 1.165) is 31.1 Å². The van der Waals surface area contributed by atoms with Crippen LogP contribution in [-0.2, 0) is 9.53 Å². The number of hydrogen-bond donors (Lipinski definition) is 0. The van der Waals surface area contributed by atoms with Gasteiger partial charge in [0.1, 0.15) is 5.60 Å². The van der Waals surface area contributed by atoms with Crippen molar-refractivity contribution in [1.29, 1.82) is 0 Å². The Morgan fingerprint density at radius 3 is 2.48 bits per heavy atom. The van der Waals surface area contributed by atoms with Crippen LogP contribution < -0.4 is 0 Å². The lowest BCUT2D eigenvalue weighted by Gasteiger charge is -2.32. The van der Waals surface area contributed by atoms with Crippen molar-refractivity contribution >= 4 is 5.97 Å². The van der Waals surface area contributed by atoms with Crippen molar-refractivity contribution < 1.29 is 9.53 Å². The fourth-order valence-electron chi connectivity index (χ4n) is 5.16. The Labute approximate surface area is 127 Å². The standard InChI is InChI=1S/C18H25NO2/c1-10(2)17(20)21-18(3,4)12-8-13-11-6-15(14(13)9-12)16(7-11)19-5/h11-16H,1,6-9H2,2-4H3. The molecule has 3 heteroatoms. The van der Waals surface area contributed by atoms with Gasteiger partial charge in [-0.05, 0) is 63.7 Å². The molecule has 0 aromatic rings. The number of ether oxygens (including phenoxy) is 1. The van der Waals surface area contributed by atoms with Crippen LogP contribution in [0, 0.1) is 36.2 Å². The molecule has 0 aromatic heterocycles. The van der Waals surface area contributed by atoms with Gasteiger partial charge in [0.15, 0.2) is 0 Å². The predicted octanol–water partition coefficient (Wildman–Crippen LogP) is 3.85. The van der Waals surface area contributed by atoms with Crippen molar-refractivity contribution in [2.24, 2.45) is 29.6 Å². The molecule has 0 radical (unpaired) electrons. The molecule has 0 spiro atoms. The number of rotatable bonds is 3. The summed E-state index contributed by atoms with van der Waals surface area (Å²) >= 11 is 0. The molecule has 0 saturated heterocycles. The summed E-state index contributed by atoms with van der Waals surface area (Å²) in [6.45, 7) is 16.8. The Morgan fingerprint density at radius 1 is 1.19 bits per heavy atom. The molecule has 21 heavy (non-hydrogen) atoms. The zero-order chi connectivity index (χ0) is 15.4. The van der Waals surface area contributed by atoms with Gasteiger partial charge in [-0.3, -0.25) is 0 Å². The fraction of sp³-hybridized carbons (Fsp3) is 0.778. The SMILES string of the molecule is [C-]#[N+]C1CC2CC1C1CC(C(C)(C)OC(=O)C(=C)C)CC21. The summed E-state index contributed by atoms with van der Waals surface area (Å²) in [6.07, 6.45) is 4.65. The Bertz CT molecular complexity index is 516. The highest BCUT2D eigenvalue weighted by Crippen LogP contribution is 2.62. The van der Waals surface area contributed by atoms with E-state index in [2.05, 4.69) is 11.4 Å². The third-order valence-corrected chi connectivity index (χ3v) is 6.29. The first-order chi connectivity index (χ1) is 9.83. The lowest BCUT2D eigenvalue weighted by atomic mass is 9.79. The summed E-state index contributed by atoms with van der Waals surface area (Å²) in [6, 6.07) is 0.260. The molecule has 0 aliphatic heterocycles. The first-order valence-electron chi connectivity index (χ1n) is 8.09. The van der Waals surface area contributed by atoms with E-state index in [0.29, 0.717) is 23.3 Å². The van der Waals surface area contributed by atoms with Crippen LogP contribution in [0.2, 0.25) is 0 Å². The Hall–Kier alpha value is -1.30. The van der Waals surface area contributed by atoms with Gasteiger partial charge in [0.25, 0.3) is 0 Å².